The molecule has 0 radical (unpaired) electrons. The second-order valence-electron chi connectivity index (χ2n) is 3.49. The molecule has 5 nitrogen and oxygen atoms in total. The topological polar surface area (TPSA) is 51.7 Å². The van der Waals surface area contributed by atoms with Gasteiger partial charge in [0.15, 0.2) is 0 Å². The van der Waals surface area contributed by atoms with Gasteiger partial charge >= 0.3 is 5.97 Å². The summed E-state index contributed by atoms with van der Waals surface area (Å²) < 4.78 is 9.93. The van der Waals surface area contributed by atoms with Gasteiger partial charge < -0.3 is 14.4 Å². The van der Waals surface area contributed by atoms with E-state index >= 15 is 0 Å². The molecule has 1 fully saturated rings. The third-order valence-corrected chi connectivity index (χ3v) is 2.50. The van der Waals surface area contributed by atoms with Crippen molar-refractivity contribution in [2.45, 2.75) is 0 Å². The molecule has 0 bridgehead atoms. The average molecular weight is 222 g/mol. The fourth-order valence-electron chi connectivity index (χ4n) is 1.63. The maximum Gasteiger partial charge on any atom is 0.338 e. The van der Waals surface area contributed by atoms with E-state index in [2.05, 4.69) is 14.6 Å². The fraction of sp³-hybridized carbons (Fsp3) is 0.455. The lowest BCUT2D eigenvalue weighted by Crippen LogP contribution is -2.36. The molecule has 1 aromatic heterocycles. The third kappa shape index (κ3) is 2.30. The second-order valence-corrected chi connectivity index (χ2v) is 3.49. The van der Waals surface area contributed by atoms with Gasteiger partial charge in [-0.05, 0) is 12.1 Å². The van der Waals surface area contributed by atoms with Crippen LogP contribution in [0.5, 0.6) is 0 Å². The molecular formula is C11H14N2O3. The zero-order valence-corrected chi connectivity index (χ0v) is 9.18. The molecule has 1 aromatic rings. The number of morpholine rings is 1. The number of esters is 1. The minimum absolute atomic E-state index is 0.336. The Bertz CT molecular complexity index is 375. The normalized spacial score (nSPS) is 15.9. The summed E-state index contributed by atoms with van der Waals surface area (Å²) in [6.07, 6.45) is 1.62. The number of pyridine rings is 1. The molecule has 0 aromatic carbocycles. The minimum atomic E-state index is -0.336. The Morgan fingerprint density at radius 1 is 1.50 bits per heavy atom. The predicted molar refractivity (Wildman–Crippen MR) is 58.6 cm³/mol. The summed E-state index contributed by atoms with van der Waals surface area (Å²) in [4.78, 5) is 17.7. The summed E-state index contributed by atoms with van der Waals surface area (Å²) in [7, 11) is 1.37. The van der Waals surface area contributed by atoms with Crippen LogP contribution < -0.4 is 4.90 Å². The Hall–Kier alpha value is -1.62. The molecule has 1 aliphatic heterocycles. The van der Waals surface area contributed by atoms with E-state index in [4.69, 9.17) is 4.74 Å². The van der Waals surface area contributed by atoms with Crippen LogP contribution in [0.3, 0.4) is 0 Å². The van der Waals surface area contributed by atoms with E-state index in [1.807, 2.05) is 0 Å². The lowest BCUT2D eigenvalue weighted by molar-refractivity contribution is 0.0600. The summed E-state index contributed by atoms with van der Waals surface area (Å²) in [6.45, 7) is 3.00. The van der Waals surface area contributed by atoms with Crippen molar-refractivity contribution in [3.05, 3.63) is 23.9 Å². The van der Waals surface area contributed by atoms with Crippen molar-refractivity contribution in [3.63, 3.8) is 0 Å². The quantitative estimate of drug-likeness (QED) is 0.690. The highest BCUT2D eigenvalue weighted by molar-refractivity contribution is 5.90. The first-order valence-corrected chi connectivity index (χ1v) is 5.18. The monoisotopic (exact) mass is 222 g/mol. The van der Waals surface area contributed by atoms with E-state index in [1.165, 1.54) is 7.11 Å². The smallest absolute Gasteiger partial charge is 0.338 e. The molecule has 0 aliphatic carbocycles. The first-order valence-electron chi connectivity index (χ1n) is 5.18. The molecule has 0 N–H and O–H groups in total. The zero-order chi connectivity index (χ0) is 11.4. The number of ether oxygens (including phenoxy) is 2. The highest BCUT2D eigenvalue weighted by atomic mass is 16.5. The first-order chi connectivity index (χ1) is 7.81. The van der Waals surface area contributed by atoms with Gasteiger partial charge in [-0.2, -0.15) is 0 Å². The van der Waals surface area contributed by atoms with Crippen molar-refractivity contribution >= 4 is 11.8 Å². The molecular weight excluding hydrogens is 208 g/mol. The Kier molecular flexibility index (Phi) is 3.36. The lowest BCUT2D eigenvalue weighted by Gasteiger charge is -2.27. The zero-order valence-electron chi connectivity index (χ0n) is 9.18. The van der Waals surface area contributed by atoms with Crippen LogP contribution in [-0.2, 0) is 9.47 Å². The van der Waals surface area contributed by atoms with Crippen molar-refractivity contribution in [2.75, 3.05) is 38.3 Å². The van der Waals surface area contributed by atoms with E-state index in [9.17, 15) is 4.79 Å². The maximum atomic E-state index is 11.4. The lowest BCUT2D eigenvalue weighted by atomic mass is 10.2. The number of carbonyl (C=O) groups excluding carboxylic acids is 1. The van der Waals surface area contributed by atoms with Crippen LogP contribution in [0.4, 0.5) is 5.82 Å². The number of methoxy groups -OCH3 is 1. The number of nitrogens with zero attached hydrogens (tertiary/aromatic N) is 2. The molecule has 0 saturated carbocycles. The van der Waals surface area contributed by atoms with E-state index in [0.29, 0.717) is 18.8 Å². The summed E-state index contributed by atoms with van der Waals surface area (Å²) in [5.74, 6) is 0.461. The van der Waals surface area contributed by atoms with Crippen molar-refractivity contribution in [1.82, 2.24) is 4.98 Å². The van der Waals surface area contributed by atoms with Crippen molar-refractivity contribution in [1.29, 1.82) is 0 Å². The summed E-state index contributed by atoms with van der Waals surface area (Å²) >= 11 is 0. The highest BCUT2D eigenvalue weighted by Crippen LogP contribution is 2.14. The van der Waals surface area contributed by atoms with Crippen LogP contribution >= 0.6 is 0 Å². The third-order valence-electron chi connectivity index (χ3n) is 2.50. The Labute approximate surface area is 94.0 Å². The molecule has 2 rings (SSSR count). The van der Waals surface area contributed by atoms with Gasteiger partial charge in [0.2, 0.25) is 0 Å². The molecule has 5 heteroatoms. The molecule has 0 amide bonds. The van der Waals surface area contributed by atoms with Gasteiger partial charge in [0.1, 0.15) is 5.82 Å². The molecule has 0 atom stereocenters. The molecule has 1 aliphatic rings. The van der Waals surface area contributed by atoms with Gasteiger partial charge in [0, 0.05) is 19.3 Å². The van der Waals surface area contributed by atoms with Crippen molar-refractivity contribution in [2.24, 2.45) is 0 Å². The van der Waals surface area contributed by atoms with Crippen LogP contribution in [0, 0.1) is 0 Å². The van der Waals surface area contributed by atoms with E-state index in [-0.39, 0.29) is 5.97 Å². The second kappa shape index (κ2) is 4.94. The maximum absolute atomic E-state index is 11.4. The summed E-state index contributed by atoms with van der Waals surface area (Å²) in [5, 5.41) is 0. The Balaban J connectivity index is 2.17. The Morgan fingerprint density at radius 3 is 2.94 bits per heavy atom. The highest BCUT2D eigenvalue weighted by Gasteiger charge is 2.14. The largest absolute Gasteiger partial charge is 0.465 e. The van der Waals surface area contributed by atoms with Crippen molar-refractivity contribution in [3.8, 4) is 0 Å². The van der Waals surface area contributed by atoms with Gasteiger partial charge in [-0.25, -0.2) is 9.78 Å². The fourth-order valence-corrected chi connectivity index (χ4v) is 1.63. The van der Waals surface area contributed by atoms with Gasteiger partial charge in [-0.15, -0.1) is 0 Å². The van der Waals surface area contributed by atoms with Gasteiger partial charge in [0.25, 0.3) is 0 Å². The van der Waals surface area contributed by atoms with E-state index in [0.717, 1.165) is 18.9 Å². The predicted octanol–water partition coefficient (Wildman–Crippen LogP) is 0.705. The Morgan fingerprint density at radius 2 is 2.25 bits per heavy atom. The molecule has 2 heterocycles. The number of carbonyl (C=O) groups is 1. The van der Waals surface area contributed by atoms with E-state index in [1.54, 1.807) is 18.3 Å². The summed E-state index contributed by atoms with van der Waals surface area (Å²) in [5.41, 5.74) is 0.527. The number of anilines is 1. The van der Waals surface area contributed by atoms with Crippen molar-refractivity contribution < 1.29 is 14.3 Å². The van der Waals surface area contributed by atoms with Crippen LogP contribution in [0.1, 0.15) is 10.4 Å². The number of hydrogen-bond donors (Lipinski definition) is 0. The minimum Gasteiger partial charge on any atom is -0.465 e. The van der Waals surface area contributed by atoms with Crippen LogP contribution in [0.2, 0.25) is 0 Å². The molecule has 0 spiro atoms. The number of rotatable bonds is 2. The van der Waals surface area contributed by atoms with Crippen LogP contribution in [-0.4, -0.2) is 44.4 Å². The molecule has 1 saturated heterocycles. The SMILES string of the molecule is COC(=O)c1ccnc(N2CCOCC2)c1. The van der Waals surface area contributed by atoms with Crippen LogP contribution in [0.25, 0.3) is 0 Å². The van der Waals surface area contributed by atoms with Crippen LogP contribution in [0.15, 0.2) is 18.3 Å². The van der Waals surface area contributed by atoms with E-state index < -0.39 is 0 Å². The summed E-state index contributed by atoms with van der Waals surface area (Å²) in [6, 6.07) is 3.40. The van der Waals surface area contributed by atoms with Gasteiger partial charge in [-0.1, -0.05) is 0 Å². The molecule has 16 heavy (non-hydrogen) atoms. The first kappa shape index (κ1) is 10.9. The van der Waals surface area contributed by atoms with Gasteiger partial charge in [0.05, 0.1) is 25.9 Å². The average Bonchev–Trinajstić information content (AvgIpc) is 2.39. The van der Waals surface area contributed by atoms with Gasteiger partial charge in [-0.3, -0.25) is 0 Å². The number of hydrogen-bond acceptors (Lipinski definition) is 5. The molecule has 86 valence electrons. The number of aromatic nitrogens is 1. The molecule has 0 unspecified atom stereocenters. The standard InChI is InChI=1S/C11H14N2O3/c1-15-11(14)9-2-3-12-10(8-9)13-4-6-16-7-5-13/h2-3,8H,4-7H2,1H3.